The van der Waals surface area contributed by atoms with E-state index in [2.05, 4.69) is 27.6 Å². The number of para-hydroxylation sites is 1. The summed E-state index contributed by atoms with van der Waals surface area (Å²) in [6, 6.07) is 28.9. The fourth-order valence-corrected chi connectivity index (χ4v) is 4.22. The van der Waals surface area contributed by atoms with Gasteiger partial charge in [-0.3, -0.25) is 4.99 Å². The summed E-state index contributed by atoms with van der Waals surface area (Å²) in [4.78, 5) is 4.61. The molecule has 4 aromatic carbocycles. The zero-order chi connectivity index (χ0) is 23.8. The van der Waals surface area contributed by atoms with E-state index in [1.165, 1.54) is 0 Å². The van der Waals surface area contributed by atoms with E-state index in [1.807, 2.05) is 104 Å². The standard InChI is InChI=1S/C28H23ClINO3/c1-2-32-27-17-21(16-26(30)28(27)33-19-20-7-6-8-22(29)15-20)18-31-23-11-13-25(14-12-23)34-24-9-4-3-5-10-24/h3-18H,2,19H2,1H3. The van der Waals surface area contributed by atoms with Crippen molar-refractivity contribution in [2.75, 3.05) is 6.61 Å². The molecule has 172 valence electrons. The Morgan fingerprint density at radius 2 is 1.62 bits per heavy atom. The van der Waals surface area contributed by atoms with Crippen LogP contribution in [0.3, 0.4) is 0 Å². The largest absolute Gasteiger partial charge is 0.490 e. The lowest BCUT2D eigenvalue weighted by atomic mass is 10.2. The molecule has 0 aliphatic heterocycles. The van der Waals surface area contributed by atoms with Crippen molar-refractivity contribution in [1.29, 1.82) is 0 Å². The number of rotatable bonds is 9. The second kappa shape index (κ2) is 11.9. The van der Waals surface area contributed by atoms with E-state index in [-0.39, 0.29) is 0 Å². The van der Waals surface area contributed by atoms with Gasteiger partial charge in [0.25, 0.3) is 0 Å². The fourth-order valence-electron chi connectivity index (χ4n) is 3.22. The second-order valence-corrected chi connectivity index (χ2v) is 8.95. The average Bonchev–Trinajstić information content (AvgIpc) is 2.84. The molecule has 4 aromatic rings. The van der Waals surface area contributed by atoms with Gasteiger partial charge in [-0.1, -0.05) is 41.9 Å². The zero-order valence-corrected chi connectivity index (χ0v) is 21.5. The van der Waals surface area contributed by atoms with Gasteiger partial charge in [0.05, 0.1) is 15.9 Å². The molecule has 0 aliphatic rings. The van der Waals surface area contributed by atoms with E-state index >= 15 is 0 Å². The SMILES string of the molecule is CCOc1cc(C=Nc2ccc(Oc3ccccc3)cc2)cc(I)c1OCc1cccc(Cl)c1. The smallest absolute Gasteiger partial charge is 0.175 e. The molecule has 0 heterocycles. The number of nitrogens with zero attached hydrogens (tertiary/aromatic N) is 1. The molecule has 0 radical (unpaired) electrons. The molecule has 0 bridgehead atoms. The maximum absolute atomic E-state index is 6.09. The Balaban J connectivity index is 1.47. The molecule has 0 aromatic heterocycles. The van der Waals surface area contributed by atoms with Crippen molar-refractivity contribution in [2.24, 2.45) is 4.99 Å². The highest BCUT2D eigenvalue weighted by molar-refractivity contribution is 14.1. The van der Waals surface area contributed by atoms with Crippen LogP contribution in [0.5, 0.6) is 23.0 Å². The van der Waals surface area contributed by atoms with Gasteiger partial charge in [0, 0.05) is 11.2 Å². The molecule has 0 saturated heterocycles. The summed E-state index contributed by atoms with van der Waals surface area (Å²) < 4.78 is 18.7. The van der Waals surface area contributed by atoms with Crippen molar-refractivity contribution in [1.82, 2.24) is 0 Å². The molecule has 0 spiro atoms. The molecule has 0 amide bonds. The third-order valence-electron chi connectivity index (χ3n) is 4.78. The molecule has 6 heteroatoms. The minimum absolute atomic E-state index is 0.404. The lowest BCUT2D eigenvalue weighted by Crippen LogP contribution is -2.02. The molecule has 0 atom stereocenters. The van der Waals surface area contributed by atoms with Crippen LogP contribution < -0.4 is 14.2 Å². The van der Waals surface area contributed by atoms with Crippen LogP contribution in [0.2, 0.25) is 5.02 Å². The van der Waals surface area contributed by atoms with Crippen LogP contribution in [0, 0.1) is 3.57 Å². The molecule has 34 heavy (non-hydrogen) atoms. The van der Waals surface area contributed by atoms with Crippen molar-refractivity contribution in [3.63, 3.8) is 0 Å². The maximum atomic E-state index is 6.09. The molecule has 0 N–H and O–H groups in total. The summed E-state index contributed by atoms with van der Waals surface area (Å²) in [5, 5.41) is 0.687. The van der Waals surface area contributed by atoms with E-state index in [4.69, 9.17) is 25.8 Å². The summed E-state index contributed by atoms with van der Waals surface area (Å²) in [5.41, 5.74) is 2.75. The van der Waals surface area contributed by atoms with Gasteiger partial charge in [-0.05, 0) is 101 Å². The number of ether oxygens (including phenoxy) is 3. The number of hydrogen-bond donors (Lipinski definition) is 0. The Kier molecular flexibility index (Phi) is 8.44. The Morgan fingerprint density at radius 3 is 2.35 bits per heavy atom. The Hall–Kier alpha value is -3.03. The topological polar surface area (TPSA) is 40.0 Å². The third-order valence-corrected chi connectivity index (χ3v) is 5.82. The summed E-state index contributed by atoms with van der Waals surface area (Å²) >= 11 is 8.35. The van der Waals surface area contributed by atoms with Crippen LogP contribution in [0.25, 0.3) is 0 Å². The average molecular weight is 584 g/mol. The van der Waals surface area contributed by atoms with Gasteiger partial charge in [-0.25, -0.2) is 0 Å². The number of halogens is 2. The Morgan fingerprint density at radius 1 is 0.853 bits per heavy atom. The lowest BCUT2D eigenvalue weighted by molar-refractivity contribution is 0.267. The molecule has 0 saturated carbocycles. The van der Waals surface area contributed by atoms with Gasteiger partial charge in [-0.2, -0.15) is 0 Å². The Labute approximate surface area is 218 Å². The van der Waals surface area contributed by atoms with Gasteiger partial charge < -0.3 is 14.2 Å². The van der Waals surface area contributed by atoms with Crippen LogP contribution in [0.15, 0.2) is 96.0 Å². The molecule has 4 rings (SSSR count). The minimum atomic E-state index is 0.404. The minimum Gasteiger partial charge on any atom is -0.490 e. The molecule has 4 nitrogen and oxygen atoms in total. The summed E-state index contributed by atoms with van der Waals surface area (Å²) in [6.45, 7) is 2.89. The molecular formula is C28H23ClINO3. The summed E-state index contributed by atoms with van der Waals surface area (Å²) in [5.74, 6) is 2.96. The number of hydrogen-bond acceptors (Lipinski definition) is 4. The maximum Gasteiger partial charge on any atom is 0.175 e. The highest BCUT2D eigenvalue weighted by Crippen LogP contribution is 2.35. The normalized spacial score (nSPS) is 10.9. The molecule has 0 aliphatic carbocycles. The van der Waals surface area contributed by atoms with Gasteiger partial charge in [-0.15, -0.1) is 0 Å². The zero-order valence-electron chi connectivity index (χ0n) is 18.6. The quantitative estimate of drug-likeness (QED) is 0.147. The van der Waals surface area contributed by atoms with Crippen LogP contribution in [0.4, 0.5) is 5.69 Å². The van der Waals surface area contributed by atoms with E-state index < -0.39 is 0 Å². The first-order valence-corrected chi connectivity index (χ1v) is 12.3. The highest BCUT2D eigenvalue weighted by atomic mass is 127. The van der Waals surface area contributed by atoms with Gasteiger partial charge in [0.2, 0.25) is 0 Å². The first-order chi connectivity index (χ1) is 16.6. The number of benzene rings is 4. The fraction of sp³-hybridized carbons (Fsp3) is 0.107. The summed E-state index contributed by atoms with van der Waals surface area (Å²) in [7, 11) is 0. The van der Waals surface area contributed by atoms with Crippen molar-refractivity contribution < 1.29 is 14.2 Å². The van der Waals surface area contributed by atoms with Crippen LogP contribution >= 0.6 is 34.2 Å². The first-order valence-electron chi connectivity index (χ1n) is 10.8. The van der Waals surface area contributed by atoms with Gasteiger partial charge >= 0.3 is 0 Å². The lowest BCUT2D eigenvalue weighted by Gasteiger charge is -2.15. The van der Waals surface area contributed by atoms with E-state index in [9.17, 15) is 0 Å². The third kappa shape index (κ3) is 6.74. The van der Waals surface area contributed by atoms with E-state index in [0.29, 0.717) is 29.7 Å². The van der Waals surface area contributed by atoms with Gasteiger partial charge in [0.15, 0.2) is 11.5 Å². The highest BCUT2D eigenvalue weighted by Gasteiger charge is 2.12. The molecular weight excluding hydrogens is 561 g/mol. The molecule has 0 fully saturated rings. The van der Waals surface area contributed by atoms with E-state index in [1.54, 1.807) is 0 Å². The predicted molar refractivity (Wildman–Crippen MR) is 146 cm³/mol. The predicted octanol–water partition coefficient (Wildman–Crippen LogP) is 8.47. The van der Waals surface area contributed by atoms with Gasteiger partial charge in [0.1, 0.15) is 18.1 Å². The van der Waals surface area contributed by atoms with Crippen LogP contribution in [-0.4, -0.2) is 12.8 Å². The van der Waals surface area contributed by atoms with Crippen molar-refractivity contribution >= 4 is 46.1 Å². The number of aliphatic imine (C=N–C) groups is 1. The Bertz CT molecular complexity index is 1260. The monoisotopic (exact) mass is 583 g/mol. The van der Waals surface area contributed by atoms with Crippen molar-refractivity contribution in [2.45, 2.75) is 13.5 Å². The summed E-state index contributed by atoms with van der Waals surface area (Å²) in [6.07, 6.45) is 1.82. The van der Waals surface area contributed by atoms with Crippen molar-refractivity contribution in [3.8, 4) is 23.0 Å². The second-order valence-electron chi connectivity index (χ2n) is 7.35. The van der Waals surface area contributed by atoms with E-state index in [0.717, 1.165) is 31.9 Å². The van der Waals surface area contributed by atoms with Crippen LogP contribution in [-0.2, 0) is 6.61 Å². The van der Waals surface area contributed by atoms with Crippen LogP contribution in [0.1, 0.15) is 18.1 Å². The first kappa shape index (κ1) is 24.1. The molecule has 0 unspecified atom stereocenters. The van der Waals surface area contributed by atoms with Crippen molar-refractivity contribution in [3.05, 3.63) is 111 Å².